The van der Waals surface area contributed by atoms with Gasteiger partial charge in [0.05, 0.1) is 5.56 Å². The van der Waals surface area contributed by atoms with Crippen molar-refractivity contribution in [3.63, 3.8) is 0 Å². The summed E-state index contributed by atoms with van der Waals surface area (Å²) in [4.78, 5) is 15.1. The average molecular weight is 310 g/mol. The largest absolute Gasteiger partial charge is 0.416 e. The summed E-state index contributed by atoms with van der Waals surface area (Å²) >= 11 is 0. The minimum Gasteiger partial charge on any atom is -0.362 e. The molecule has 1 aromatic heterocycles. The number of amides is 1. The van der Waals surface area contributed by atoms with Gasteiger partial charge in [-0.2, -0.15) is 13.2 Å². The van der Waals surface area contributed by atoms with E-state index in [0.29, 0.717) is 13.0 Å². The van der Waals surface area contributed by atoms with Crippen molar-refractivity contribution in [2.24, 2.45) is 0 Å². The molecule has 0 saturated carbocycles. The third-order valence-electron chi connectivity index (χ3n) is 3.41. The van der Waals surface area contributed by atoms with Gasteiger partial charge in [0.2, 0.25) is 0 Å². The van der Waals surface area contributed by atoms with Crippen LogP contribution in [0, 0.1) is 13.8 Å². The van der Waals surface area contributed by atoms with Crippen molar-refractivity contribution in [3.8, 4) is 0 Å². The number of hydrogen-bond acceptors (Lipinski definition) is 1. The summed E-state index contributed by atoms with van der Waals surface area (Å²) in [7, 11) is 0. The van der Waals surface area contributed by atoms with Gasteiger partial charge in [0.15, 0.2) is 0 Å². The number of rotatable bonds is 4. The van der Waals surface area contributed by atoms with Gasteiger partial charge < -0.3 is 10.3 Å². The number of nitrogens with one attached hydrogen (secondary N) is 2. The average Bonchev–Trinajstić information content (AvgIpc) is 2.76. The SMILES string of the molecule is Cc1cc(CCNC(=O)c2ccc(C(F)(F)F)cc2)c(C)[nH]1. The molecule has 0 aliphatic heterocycles. The lowest BCUT2D eigenvalue weighted by Crippen LogP contribution is -2.25. The molecule has 118 valence electrons. The molecule has 0 bridgehead atoms. The molecule has 0 saturated heterocycles. The van der Waals surface area contributed by atoms with Crippen LogP contribution in [-0.2, 0) is 12.6 Å². The molecule has 0 aliphatic rings. The first-order valence-corrected chi connectivity index (χ1v) is 6.88. The summed E-state index contributed by atoms with van der Waals surface area (Å²) < 4.78 is 37.3. The van der Waals surface area contributed by atoms with Gasteiger partial charge in [-0.25, -0.2) is 0 Å². The number of aromatic nitrogens is 1. The molecule has 6 heteroatoms. The smallest absolute Gasteiger partial charge is 0.362 e. The van der Waals surface area contributed by atoms with Crippen molar-refractivity contribution < 1.29 is 18.0 Å². The number of hydrogen-bond donors (Lipinski definition) is 2. The van der Waals surface area contributed by atoms with Crippen LogP contribution in [0.1, 0.15) is 32.9 Å². The predicted molar refractivity (Wildman–Crippen MR) is 77.7 cm³/mol. The normalized spacial score (nSPS) is 11.5. The first kappa shape index (κ1) is 16.1. The zero-order valence-corrected chi connectivity index (χ0v) is 12.3. The van der Waals surface area contributed by atoms with Crippen LogP contribution in [0.15, 0.2) is 30.3 Å². The van der Waals surface area contributed by atoms with Crippen molar-refractivity contribution in [3.05, 3.63) is 58.4 Å². The molecule has 0 fully saturated rings. The Morgan fingerprint density at radius 3 is 2.32 bits per heavy atom. The highest BCUT2D eigenvalue weighted by Crippen LogP contribution is 2.29. The highest BCUT2D eigenvalue weighted by atomic mass is 19.4. The van der Waals surface area contributed by atoms with E-state index >= 15 is 0 Å². The van der Waals surface area contributed by atoms with Gasteiger partial charge in [0, 0.05) is 23.5 Å². The fraction of sp³-hybridized carbons (Fsp3) is 0.312. The van der Waals surface area contributed by atoms with Crippen molar-refractivity contribution in [1.29, 1.82) is 0 Å². The highest BCUT2D eigenvalue weighted by Gasteiger charge is 2.30. The van der Waals surface area contributed by atoms with Gasteiger partial charge >= 0.3 is 6.18 Å². The fourth-order valence-corrected chi connectivity index (χ4v) is 2.26. The maximum atomic E-state index is 12.4. The number of carbonyl (C=O) groups excluding carboxylic acids is 1. The summed E-state index contributed by atoms with van der Waals surface area (Å²) in [6, 6.07) is 6.20. The predicted octanol–water partition coefficient (Wildman–Crippen LogP) is 3.62. The number of alkyl halides is 3. The van der Waals surface area contributed by atoms with Gasteiger partial charge in [-0.1, -0.05) is 0 Å². The van der Waals surface area contributed by atoms with Crippen LogP contribution < -0.4 is 5.32 Å². The number of halogens is 3. The Bertz CT molecular complexity index is 657. The lowest BCUT2D eigenvalue weighted by molar-refractivity contribution is -0.137. The van der Waals surface area contributed by atoms with Crippen LogP contribution in [0.4, 0.5) is 13.2 Å². The second-order valence-corrected chi connectivity index (χ2v) is 5.18. The van der Waals surface area contributed by atoms with Gasteiger partial charge in [0.1, 0.15) is 0 Å². The summed E-state index contributed by atoms with van der Waals surface area (Å²) in [5.41, 5.74) is 2.69. The Morgan fingerprint density at radius 1 is 1.18 bits per heavy atom. The molecule has 0 unspecified atom stereocenters. The van der Waals surface area contributed by atoms with Crippen molar-refractivity contribution >= 4 is 5.91 Å². The molecule has 0 spiro atoms. The maximum absolute atomic E-state index is 12.4. The van der Waals surface area contributed by atoms with Gasteiger partial charge in [-0.15, -0.1) is 0 Å². The minimum absolute atomic E-state index is 0.218. The van der Waals surface area contributed by atoms with E-state index < -0.39 is 11.7 Å². The van der Waals surface area contributed by atoms with Crippen LogP contribution in [-0.4, -0.2) is 17.4 Å². The van der Waals surface area contributed by atoms with E-state index in [9.17, 15) is 18.0 Å². The van der Waals surface area contributed by atoms with E-state index in [2.05, 4.69) is 10.3 Å². The van der Waals surface area contributed by atoms with Crippen LogP contribution in [0.5, 0.6) is 0 Å². The summed E-state index contributed by atoms with van der Waals surface area (Å²) in [6.07, 6.45) is -3.72. The van der Waals surface area contributed by atoms with Crippen LogP contribution in [0.2, 0.25) is 0 Å². The zero-order chi connectivity index (χ0) is 16.3. The monoisotopic (exact) mass is 310 g/mol. The molecule has 2 N–H and O–H groups in total. The lowest BCUT2D eigenvalue weighted by atomic mass is 10.1. The van der Waals surface area contributed by atoms with Gasteiger partial charge in [0.25, 0.3) is 5.91 Å². The van der Waals surface area contributed by atoms with E-state index in [4.69, 9.17) is 0 Å². The number of aryl methyl sites for hydroxylation is 2. The van der Waals surface area contributed by atoms with Crippen LogP contribution in [0.25, 0.3) is 0 Å². The second kappa shape index (κ2) is 6.25. The Morgan fingerprint density at radius 2 is 1.82 bits per heavy atom. The third-order valence-corrected chi connectivity index (χ3v) is 3.41. The second-order valence-electron chi connectivity index (χ2n) is 5.18. The van der Waals surface area contributed by atoms with E-state index in [-0.39, 0.29) is 11.5 Å². The molecular weight excluding hydrogens is 293 g/mol. The van der Waals surface area contributed by atoms with Gasteiger partial charge in [-0.3, -0.25) is 4.79 Å². The standard InChI is InChI=1S/C16H17F3N2O/c1-10-9-13(11(2)21-10)7-8-20-15(22)12-3-5-14(6-4-12)16(17,18)19/h3-6,9,21H,7-8H2,1-2H3,(H,20,22). The van der Waals surface area contributed by atoms with E-state index in [1.54, 1.807) is 0 Å². The van der Waals surface area contributed by atoms with E-state index in [1.165, 1.54) is 12.1 Å². The molecule has 1 aromatic carbocycles. The Kier molecular flexibility index (Phi) is 4.59. The van der Waals surface area contributed by atoms with Crippen molar-refractivity contribution in [2.45, 2.75) is 26.4 Å². The third kappa shape index (κ3) is 3.90. The first-order chi connectivity index (χ1) is 10.3. The molecule has 1 heterocycles. The Labute approximate surface area is 126 Å². The molecular formula is C16H17F3N2O. The molecule has 2 rings (SSSR count). The highest BCUT2D eigenvalue weighted by molar-refractivity contribution is 5.94. The summed E-state index contributed by atoms with van der Waals surface area (Å²) in [5, 5.41) is 2.71. The zero-order valence-electron chi connectivity index (χ0n) is 12.3. The summed E-state index contributed by atoms with van der Waals surface area (Å²) in [5.74, 6) is -0.376. The number of H-pyrrole nitrogens is 1. The van der Waals surface area contributed by atoms with Crippen molar-refractivity contribution in [2.75, 3.05) is 6.54 Å². The molecule has 2 aromatic rings. The van der Waals surface area contributed by atoms with Crippen LogP contribution >= 0.6 is 0 Å². The Balaban J connectivity index is 1.91. The van der Waals surface area contributed by atoms with Crippen molar-refractivity contribution in [1.82, 2.24) is 10.3 Å². The molecule has 3 nitrogen and oxygen atoms in total. The molecule has 0 radical (unpaired) electrons. The summed E-state index contributed by atoms with van der Waals surface area (Å²) in [6.45, 7) is 4.34. The fourth-order valence-electron chi connectivity index (χ4n) is 2.26. The quantitative estimate of drug-likeness (QED) is 0.890. The minimum atomic E-state index is -4.39. The Hall–Kier alpha value is -2.24. The number of aromatic amines is 1. The number of carbonyl (C=O) groups is 1. The van der Waals surface area contributed by atoms with Gasteiger partial charge in [-0.05, 0) is 56.2 Å². The van der Waals surface area contributed by atoms with E-state index in [1.807, 2.05) is 19.9 Å². The molecule has 0 aliphatic carbocycles. The molecule has 0 atom stereocenters. The van der Waals surface area contributed by atoms with Crippen LogP contribution in [0.3, 0.4) is 0 Å². The topological polar surface area (TPSA) is 44.9 Å². The first-order valence-electron chi connectivity index (χ1n) is 6.88. The molecule has 22 heavy (non-hydrogen) atoms. The lowest BCUT2D eigenvalue weighted by Gasteiger charge is -2.08. The van der Waals surface area contributed by atoms with E-state index in [0.717, 1.165) is 29.1 Å². The maximum Gasteiger partial charge on any atom is 0.416 e. The number of benzene rings is 1. The molecule has 1 amide bonds.